The lowest BCUT2D eigenvalue weighted by Crippen LogP contribution is -2.47. The average molecular weight is 216 g/mol. The molecule has 1 aliphatic heterocycles. The summed E-state index contributed by atoms with van der Waals surface area (Å²) < 4.78 is 5.41. The smallest absolute Gasteiger partial charge is 0.0932 e. The Morgan fingerprint density at radius 3 is 2.80 bits per heavy atom. The van der Waals surface area contributed by atoms with Crippen LogP contribution in [0.1, 0.15) is 13.8 Å². The van der Waals surface area contributed by atoms with E-state index in [0.717, 1.165) is 32.8 Å². The molecule has 0 aromatic carbocycles. The molecule has 90 valence electrons. The van der Waals surface area contributed by atoms with Crippen LogP contribution in [0.25, 0.3) is 0 Å². The molecular weight excluding hydrogens is 192 g/mol. The summed E-state index contributed by atoms with van der Waals surface area (Å²) in [6, 6.07) is 0. The van der Waals surface area contributed by atoms with Gasteiger partial charge in [0.15, 0.2) is 0 Å². The third-order valence-corrected chi connectivity index (χ3v) is 3.16. The zero-order valence-electron chi connectivity index (χ0n) is 9.85. The first-order chi connectivity index (χ1) is 7.17. The van der Waals surface area contributed by atoms with Gasteiger partial charge in [-0.2, -0.15) is 0 Å². The lowest BCUT2D eigenvalue weighted by molar-refractivity contribution is -0.0572. The molecule has 4 nitrogen and oxygen atoms in total. The van der Waals surface area contributed by atoms with Gasteiger partial charge in [0, 0.05) is 19.6 Å². The van der Waals surface area contributed by atoms with Crippen molar-refractivity contribution in [2.75, 3.05) is 39.4 Å². The van der Waals surface area contributed by atoms with E-state index in [4.69, 9.17) is 15.6 Å². The fourth-order valence-electron chi connectivity index (χ4n) is 1.95. The van der Waals surface area contributed by atoms with Crippen molar-refractivity contribution in [3.8, 4) is 0 Å². The number of nitrogens with two attached hydrogens (primary N) is 1. The Morgan fingerprint density at radius 1 is 1.53 bits per heavy atom. The number of morpholine rings is 1. The Bertz CT molecular complexity index is 176. The maximum absolute atomic E-state index is 9.03. The van der Waals surface area contributed by atoms with Crippen LogP contribution in [-0.4, -0.2) is 55.5 Å². The minimum atomic E-state index is -0.00987. The second kappa shape index (κ2) is 6.43. The second-order valence-electron chi connectivity index (χ2n) is 4.67. The van der Waals surface area contributed by atoms with Gasteiger partial charge in [-0.15, -0.1) is 0 Å². The highest BCUT2D eigenvalue weighted by molar-refractivity contribution is 4.75. The van der Waals surface area contributed by atoms with Crippen molar-refractivity contribution >= 4 is 0 Å². The SMILES string of the molecule is CC(C)C(CN)CN1CCOC(CO)C1. The molecule has 2 unspecified atom stereocenters. The van der Waals surface area contributed by atoms with Crippen molar-refractivity contribution in [3.05, 3.63) is 0 Å². The third-order valence-electron chi connectivity index (χ3n) is 3.16. The molecule has 1 fully saturated rings. The largest absolute Gasteiger partial charge is 0.394 e. The lowest BCUT2D eigenvalue weighted by Gasteiger charge is -2.35. The second-order valence-corrected chi connectivity index (χ2v) is 4.67. The Kier molecular flexibility index (Phi) is 5.53. The van der Waals surface area contributed by atoms with E-state index in [-0.39, 0.29) is 12.7 Å². The summed E-state index contributed by atoms with van der Waals surface area (Å²) in [6.07, 6.45) is -0.00987. The fourth-order valence-corrected chi connectivity index (χ4v) is 1.95. The summed E-state index contributed by atoms with van der Waals surface area (Å²) in [5.74, 6) is 1.16. The molecule has 0 aromatic heterocycles. The monoisotopic (exact) mass is 216 g/mol. The molecule has 1 heterocycles. The van der Waals surface area contributed by atoms with E-state index in [9.17, 15) is 0 Å². The standard InChI is InChI=1S/C11H24N2O2/c1-9(2)10(5-12)6-13-3-4-15-11(7-13)8-14/h9-11,14H,3-8,12H2,1-2H3. The molecule has 0 spiro atoms. The molecule has 0 radical (unpaired) electrons. The predicted octanol–water partition coefficient (Wildman–Crippen LogP) is -0.0896. The normalized spacial score (nSPS) is 25.8. The van der Waals surface area contributed by atoms with Crippen molar-refractivity contribution in [1.82, 2.24) is 4.90 Å². The first-order valence-corrected chi connectivity index (χ1v) is 5.82. The number of aliphatic hydroxyl groups excluding tert-OH is 1. The summed E-state index contributed by atoms with van der Waals surface area (Å²) in [5.41, 5.74) is 5.75. The van der Waals surface area contributed by atoms with Crippen molar-refractivity contribution < 1.29 is 9.84 Å². The van der Waals surface area contributed by atoms with Crippen LogP contribution in [-0.2, 0) is 4.74 Å². The molecular formula is C11H24N2O2. The van der Waals surface area contributed by atoms with Crippen molar-refractivity contribution in [1.29, 1.82) is 0 Å². The summed E-state index contributed by atoms with van der Waals surface area (Å²) >= 11 is 0. The van der Waals surface area contributed by atoms with Crippen LogP contribution in [0.2, 0.25) is 0 Å². The first-order valence-electron chi connectivity index (χ1n) is 5.82. The quantitative estimate of drug-likeness (QED) is 0.674. The molecule has 1 aliphatic rings. The van der Waals surface area contributed by atoms with E-state index >= 15 is 0 Å². The number of aliphatic hydroxyl groups is 1. The highest BCUT2D eigenvalue weighted by Crippen LogP contribution is 2.13. The van der Waals surface area contributed by atoms with Gasteiger partial charge in [0.25, 0.3) is 0 Å². The molecule has 0 aromatic rings. The van der Waals surface area contributed by atoms with Gasteiger partial charge in [0.2, 0.25) is 0 Å². The summed E-state index contributed by atoms with van der Waals surface area (Å²) in [6.45, 7) is 8.81. The Labute approximate surface area is 92.4 Å². The number of nitrogens with zero attached hydrogens (tertiary/aromatic N) is 1. The average Bonchev–Trinajstić information content (AvgIpc) is 2.25. The highest BCUT2D eigenvalue weighted by atomic mass is 16.5. The Hall–Kier alpha value is -0.160. The number of hydrogen-bond acceptors (Lipinski definition) is 4. The minimum absolute atomic E-state index is 0.00987. The van der Waals surface area contributed by atoms with E-state index in [0.29, 0.717) is 11.8 Å². The Morgan fingerprint density at radius 2 is 2.27 bits per heavy atom. The number of ether oxygens (including phenoxy) is 1. The molecule has 15 heavy (non-hydrogen) atoms. The minimum Gasteiger partial charge on any atom is -0.394 e. The summed E-state index contributed by atoms with van der Waals surface area (Å²) in [7, 11) is 0. The van der Waals surface area contributed by atoms with Gasteiger partial charge >= 0.3 is 0 Å². The van der Waals surface area contributed by atoms with Gasteiger partial charge in [-0.1, -0.05) is 13.8 Å². The highest BCUT2D eigenvalue weighted by Gasteiger charge is 2.22. The summed E-state index contributed by atoms with van der Waals surface area (Å²) in [4.78, 5) is 2.35. The van der Waals surface area contributed by atoms with Gasteiger partial charge in [-0.25, -0.2) is 0 Å². The number of rotatable bonds is 5. The predicted molar refractivity (Wildman–Crippen MR) is 60.6 cm³/mol. The molecule has 0 saturated carbocycles. The molecule has 0 amide bonds. The first kappa shape index (κ1) is 12.9. The zero-order chi connectivity index (χ0) is 11.3. The van der Waals surface area contributed by atoms with Crippen molar-refractivity contribution in [2.24, 2.45) is 17.6 Å². The topological polar surface area (TPSA) is 58.7 Å². The van der Waals surface area contributed by atoms with Crippen LogP contribution >= 0.6 is 0 Å². The molecule has 4 heteroatoms. The molecule has 1 saturated heterocycles. The molecule has 1 rings (SSSR count). The zero-order valence-corrected chi connectivity index (χ0v) is 9.85. The Balaban J connectivity index is 2.36. The van der Waals surface area contributed by atoms with Gasteiger partial charge in [0.05, 0.1) is 19.3 Å². The van der Waals surface area contributed by atoms with Crippen LogP contribution in [0.3, 0.4) is 0 Å². The van der Waals surface area contributed by atoms with Gasteiger partial charge in [-0.05, 0) is 18.4 Å². The van der Waals surface area contributed by atoms with Crippen molar-refractivity contribution in [3.63, 3.8) is 0 Å². The lowest BCUT2D eigenvalue weighted by atomic mass is 9.95. The van der Waals surface area contributed by atoms with Gasteiger partial charge in [-0.3, -0.25) is 4.90 Å². The van der Waals surface area contributed by atoms with Crippen LogP contribution in [0.15, 0.2) is 0 Å². The van der Waals surface area contributed by atoms with Crippen LogP contribution in [0.5, 0.6) is 0 Å². The van der Waals surface area contributed by atoms with E-state index in [1.165, 1.54) is 0 Å². The van der Waals surface area contributed by atoms with Crippen LogP contribution in [0, 0.1) is 11.8 Å². The third kappa shape index (κ3) is 4.07. The van der Waals surface area contributed by atoms with E-state index in [2.05, 4.69) is 18.7 Å². The molecule has 3 N–H and O–H groups in total. The maximum Gasteiger partial charge on any atom is 0.0932 e. The number of hydrogen-bond donors (Lipinski definition) is 2. The van der Waals surface area contributed by atoms with Crippen LogP contribution in [0.4, 0.5) is 0 Å². The van der Waals surface area contributed by atoms with E-state index in [1.807, 2.05) is 0 Å². The van der Waals surface area contributed by atoms with Crippen molar-refractivity contribution in [2.45, 2.75) is 20.0 Å². The molecule has 0 bridgehead atoms. The van der Waals surface area contributed by atoms with E-state index in [1.54, 1.807) is 0 Å². The summed E-state index contributed by atoms with van der Waals surface area (Å²) in [5, 5.41) is 9.03. The van der Waals surface area contributed by atoms with Gasteiger partial charge in [0.1, 0.15) is 0 Å². The maximum atomic E-state index is 9.03. The van der Waals surface area contributed by atoms with E-state index < -0.39 is 0 Å². The fraction of sp³-hybridized carbons (Fsp3) is 1.00. The van der Waals surface area contributed by atoms with Crippen LogP contribution < -0.4 is 5.73 Å². The molecule has 2 atom stereocenters. The van der Waals surface area contributed by atoms with Gasteiger partial charge < -0.3 is 15.6 Å². The molecule has 0 aliphatic carbocycles.